The summed E-state index contributed by atoms with van der Waals surface area (Å²) in [6.45, 7) is 11.9. The minimum absolute atomic E-state index is 0.0529. The van der Waals surface area contributed by atoms with Crippen molar-refractivity contribution in [3.8, 4) is 11.9 Å². The van der Waals surface area contributed by atoms with Crippen molar-refractivity contribution < 1.29 is 4.74 Å². The first-order valence-electron chi connectivity index (χ1n) is 5.66. The second-order valence-corrected chi connectivity index (χ2v) is 2.59. The summed E-state index contributed by atoms with van der Waals surface area (Å²) in [6.07, 6.45) is 0. The molecule has 1 heterocycles. The van der Waals surface area contributed by atoms with Crippen LogP contribution in [-0.2, 0) is 7.05 Å². The zero-order valence-corrected chi connectivity index (χ0v) is 11.5. The van der Waals surface area contributed by atoms with Crippen LogP contribution in [0.4, 0.5) is 0 Å². The van der Waals surface area contributed by atoms with Crippen molar-refractivity contribution in [3.63, 3.8) is 0 Å². The summed E-state index contributed by atoms with van der Waals surface area (Å²) in [6, 6.07) is 1.90. The molecule has 1 aromatic rings. The zero-order chi connectivity index (χ0) is 13.1. The van der Waals surface area contributed by atoms with E-state index in [2.05, 4.69) is 5.10 Å². The standard InChI is InChI=1S/C8H11N3O.2C2H6/c1-6-7(2)11(3)10-8(6)12-5-4-9;2*1-2/h5H2,1-3H3;2*1-2H3. The Hall–Kier alpha value is -1.50. The van der Waals surface area contributed by atoms with Crippen molar-refractivity contribution in [1.29, 1.82) is 5.26 Å². The summed E-state index contributed by atoms with van der Waals surface area (Å²) in [5.74, 6) is 0.552. The van der Waals surface area contributed by atoms with Crippen LogP contribution in [0.1, 0.15) is 39.0 Å². The summed E-state index contributed by atoms with van der Waals surface area (Å²) >= 11 is 0. The average Bonchev–Trinajstić information content (AvgIpc) is 2.59. The predicted molar refractivity (Wildman–Crippen MR) is 66.5 cm³/mol. The van der Waals surface area contributed by atoms with Crippen LogP contribution in [0.25, 0.3) is 0 Å². The Kier molecular flexibility index (Phi) is 10.6. The van der Waals surface area contributed by atoms with Crippen molar-refractivity contribution >= 4 is 0 Å². The van der Waals surface area contributed by atoms with Crippen molar-refractivity contribution in [2.45, 2.75) is 41.5 Å². The van der Waals surface area contributed by atoms with Gasteiger partial charge < -0.3 is 4.74 Å². The molecule has 0 spiro atoms. The van der Waals surface area contributed by atoms with Gasteiger partial charge in [-0.3, -0.25) is 4.68 Å². The molecular formula is C12H23N3O. The van der Waals surface area contributed by atoms with Crippen molar-refractivity contribution in [2.75, 3.05) is 6.61 Å². The van der Waals surface area contributed by atoms with Crippen molar-refractivity contribution in [1.82, 2.24) is 9.78 Å². The number of aromatic nitrogens is 2. The highest BCUT2D eigenvalue weighted by molar-refractivity contribution is 5.28. The molecule has 0 unspecified atom stereocenters. The molecule has 16 heavy (non-hydrogen) atoms. The minimum atomic E-state index is 0.0529. The van der Waals surface area contributed by atoms with Gasteiger partial charge in [0.05, 0.1) is 0 Å². The number of rotatable bonds is 2. The molecule has 0 aliphatic heterocycles. The molecule has 4 nitrogen and oxygen atoms in total. The third-order valence-corrected chi connectivity index (χ3v) is 1.86. The number of ether oxygens (including phenoxy) is 1. The van der Waals surface area contributed by atoms with E-state index in [0.717, 1.165) is 11.3 Å². The van der Waals surface area contributed by atoms with E-state index < -0.39 is 0 Å². The van der Waals surface area contributed by atoms with Gasteiger partial charge in [-0.2, -0.15) is 5.26 Å². The lowest BCUT2D eigenvalue weighted by Gasteiger charge is -1.95. The second kappa shape index (κ2) is 10.0. The summed E-state index contributed by atoms with van der Waals surface area (Å²) in [5.41, 5.74) is 2.05. The molecule has 1 aromatic heterocycles. The van der Waals surface area contributed by atoms with Gasteiger partial charge in [0.1, 0.15) is 6.07 Å². The van der Waals surface area contributed by atoms with Gasteiger partial charge in [0.25, 0.3) is 0 Å². The fourth-order valence-electron chi connectivity index (χ4n) is 0.921. The van der Waals surface area contributed by atoms with Crippen LogP contribution >= 0.6 is 0 Å². The molecular weight excluding hydrogens is 202 g/mol. The largest absolute Gasteiger partial charge is 0.461 e. The molecule has 0 aliphatic rings. The van der Waals surface area contributed by atoms with E-state index in [-0.39, 0.29) is 6.61 Å². The molecule has 0 saturated carbocycles. The first-order valence-corrected chi connectivity index (χ1v) is 5.66. The zero-order valence-electron chi connectivity index (χ0n) is 11.5. The van der Waals surface area contributed by atoms with Gasteiger partial charge in [-0.15, -0.1) is 5.10 Å². The Morgan fingerprint density at radius 2 is 1.75 bits per heavy atom. The molecule has 0 aromatic carbocycles. The molecule has 0 radical (unpaired) electrons. The predicted octanol–water partition coefficient (Wildman–Crippen LogP) is 2.99. The van der Waals surface area contributed by atoms with Gasteiger partial charge in [0, 0.05) is 18.3 Å². The van der Waals surface area contributed by atoms with E-state index in [1.165, 1.54) is 0 Å². The number of nitriles is 1. The van der Waals surface area contributed by atoms with Crippen LogP contribution in [0, 0.1) is 25.2 Å². The Morgan fingerprint density at radius 3 is 2.06 bits per heavy atom. The second-order valence-electron chi connectivity index (χ2n) is 2.59. The first-order chi connectivity index (χ1) is 7.66. The lowest BCUT2D eigenvalue weighted by Crippen LogP contribution is -1.96. The highest BCUT2D eigenvalue weighted by atomic mass is 16.5. The number of hydrogen-bond acceptors (Lipinski definition) is 3. The van der Waals surface area contributed by atoms with Crippen LogP contribution in [0.2, 0.25) is 0 Å². The molecule has 0 amide bonds. The maximum Gasteiger partial charge on any atom is 0.237 e. The van der Waals surface area contributed by atoms with Crippen LogP contribution < -0.4 is 4.74 Å². The quantitative estimate of drug-likeness (QED) is 0.777. The molecule has 1 rings (SSSR count). The highest BCUT2D eigenvalue weighted by Gasteiger charge is 2.08. The topological polar surface area (TPSA) is 50.8 Å². The van der Waals surface area contributed by atoms with Crippen LogP contribution in [0.5, 0.6) is 5.88 Å². The fraction of sp³-hybridized carbons (Fsp3) is 0.667. The van der Waals surface area contributed by atoms with E-state index in [9.17, 15) is 0 Å². The van der Waals surface area contributed by atoms with Gasteiger partial charge in [0.2, 0.25) is 5.88 Å². The Bertz CT molecular complexity index is 324. The molecule has 0 N–H and O–H groups in total. The van der Waals surface area contributed by atoms with E-state index >= 15 is 0 Å². The van der Waals surface area contributed by atoms with Gasteiger partial charge in [-0.25, -0.2) is 0 Å². The Labute approximate surface area is 98.8 Å². The Balaban J connectivity index is 0. The fourth-order valence-corrected chi connectivity index (χ4v) is 0.921. The number of aryl methyl sites for hydroxylation is 1. The normalized spacial score (nSPS) is 7.88. The lowest BCUT2D eigenvalue weighted by atomic mass is 10.3. The van der Waals surface area contributed by atoms with E-state index in [0.29, 0.717) is 5.88 Å². The molecule has 4 heteroatoms. The van der Waals surface area contributed by atoms with Crippen molar-refractivity contribution in [3.05, 3.63) is 11.3 Å². The van der Waals surface area contributed by atoms with Gasteiger partial charge in [-0.1, -0.05) is 27.7 Å². The van der Waals surface area contributed by atoms with Crippen LogP contribution in [0.3, 0.4) is 0 Å². The molecule has 0 fully saturated rings. The lowest BCUT2D eigenvalue weighted by molar-refractivity contribution is 0.347. The number of hydrogen-bond donors (Lipinski definition) is 0. The average molecular weight is 225 g/mol. The van der Waals surface area contributed by atoms with E-state index in [1.54, 1.807) is 4.68 Å². The van der Waals surface area contributed by atoms with Gasteiger partial charge in [0.15, 0.2) is 6.61 Å². The summed E-state index contributed by atoms with van der Waals surface area (Å²) in [5, 5.41) is 12.4. The molecule has 92 valence electrons. The SMILES string of the molecule is CC.CC.Cc1c(OCC#N)nn(C)c1C. The van der Waals surface area contributed by atoms with Gasteiger partial charge in [-0.05, 0) is 13.8 Å². The van der Waals surface area contributed by atoms with Crippen molar-refractivity contribution in [2.24, 2.45) is 7.05 Å². The summed E-state index contributed by atoms with van der Waals surface area (Å²) < 4.78 is 6.83. The number of nitrogens with zero attached hydrogens (tertiary/aromatic N) is 3. The molecule has 0 atom stereocenters. The first kappa shape index (κ1) is 16.9. The Morgan fingerprint density at radius 1 is 1.25 bits per heavy atom. The highest BCUT2D eigenvalue weighted by Crippen LogP contribution is 2.17. The van der Waals surface area contributed by atoms with Gasteiger partial charge >= 0.3 is 0 Å². The smallest absolute Gasteiger partial charge is 0.237 e. The van der Waals surface area contributed by atoms with Crippen LogP contribution in [-0.4, -0.2) is 16.4 Å². The summed E-state index contributed by atoms with van der Waals surface area (Å²) in [4.78, 5) is 0. The molecule has 0 aliphatic carbocycles. The minimum Gasteiger partial charge on any atom is -0.461 e. The molecule has 0 saturated heterocycles. The third-order valence-electron chi connectivity index (χ3n) is 1.86. The third kappa shape index (κ3) is 4.83. The van der Waals surface area contributed by atoms with Crippen LogP contribution in [0.15, 0.2) is 0 Å². The van der Waals surface area contributed by atoms with E-state index in [1.807, 2.05) is 54.7 Å². The monoisotopic (exact) mass is 225 g/mol. The maximum atomic E-state index is 8.28. The molecule has 0 bridgehead atoms. The van der Waals surface area contributed by atoms with E-state index in [4.69, 9.17) is 10.00 Å². The maximum absolute atomic E-state index is 8.28. The summed E-state index contributed by atoms with van der Waals surface area (Å²) in [7, 11) is 1.85.